The van der Waals surface area contributed by atoms with Crippen LogP contribution in [-0.4, -0.2) is 24.3 Å². The minimum Gasteiger partial charge on any atom is -0.292 e. The molecule has 0 amide bonds. The van der Waals surface area contributed by atoms with Crippen LogP contribution in [0.2, 0.25) is 0 Å². The Bertz CT molecular complexity index is 295. The van der Waals surface area contributed by atoms with Gasteiger partial charge in [-0.1, -0.05) is 44.2 Å². The van der Waals surface area contributed by atoms with Crippen molar-refractivity contribution in [1.82, 2.24) is 4.90 Å². The van der Waals surface area contributed by atoms with E-state index < -0.39 is 0 Å². The highest BCUT2D eigenvalue weighted by Gasteiger charge is 2.18. The second-order valence-electron chi connectivity index (χ2n) is 4.21. The summed E-state index contributed by atoms with van der Waals surface area (Å²) in [5.74, 6) is 0.302. The molecule has 0 bridgehead atoms. The molecule has 1 rings (SSSR count). The maximum absolute atomic E-state index is 10.8. The molecule has 2 nitrogen and oxygen atoms in total. The Morgan fingerprint density at radius 3 is 2.33 bits per heavy atom. The summed E-state index contributed by atoms with van der Waals surface area (Å²) in [6.07, 6.45) is 2.10. The van der Waals surface area contributed by atoms with Gasteiger partial charge in [-0.05, 0) is 18.5 Å². The molecule has 0 spiro atoms. The molecule has 0 unspecified atom stereocenters. The summed E-state index contributed by atoms with van der Waals surface area (Å²) in [5.41, 5.74) is 1.22. The highest BCUT2D eigenvalue weighted by Crippen LogP contribution is 2.10. The van der Waals surface area contributed by atoms with Gasteiger partial charge in [0.15, 0.2) is 0 Å². The van der Waals surface area contributed by atoms with Crippen LogP contribution in [0, 0.1) is 5.92 Å². The molecule has 1 radical (unpaired) electrons. The molecule has 81 valence electrons. The third-order valence-corrected chi connectivity index (χ3v) is 2.50. The van der Waals surface area contributed by atoms with Crippen molar-refractivity contribution in [1.29, 1.82) is 0 Å². The molecule has 0 saturated heterocycles. The maximum Gasteiger partial charge on any atom is 0.217 e. The van der Waals surface area contributed by atoms with Gasteiger partial charge >= 0.3 is 0 Å². The van der Waals surface area contributed by atoms with Gasteiger partial charge in [0.05, 0.1) is 6.04 Å². The van der Waals surface area contributed by atoms with Gasteiger partial charge in [0, 0.05) is 6.54 Å². The average Bonchev–Trinajstić information content (AvgIpc) is 2.19. The summed E-state index contributed by atoms with van der Waals surface area (Å²) in [4.78, 5) is 12.8. The van der Waals surface area contributed by atoms with E-state index in [0.29, 0.717) is 5.92 Å². The minimum absolute atomic E-state index is 0.120. The van der Waals surface area contributed by atoms with Crippen molar-refractivity contribution in [3.05, 3.63) is 35.9 Å². The van der Waals surface area contributed by atoms with Gasteiger partial charge < -0.3 is 0 Å². The highest BCUT2D eigenvalue weighted by molar-refractivity contribution is 5.58. The smallest absolute Gasteiger partial charge is 0.217 e. The molecule has 1 atom stereocenters. The lowest BCUT2D eigenvalue weighted by molar-refractivity contribution is 0.235. The lowest BCUT2D eigenvalue weighted by Gasteiger charge is -2.25. The fraction of sp³-hybridized carbons (Fsp3) is 0.462. The van der Waals surface area contributed by atoms with Crippen molar-refractivity contribution in [3.8, 4) is 0 Å². The summed E-state index contributed by atoms with van der Waals surface area (Å²) in [6, 6.07) is 10.0. The number of hydrogen-bond acceptors (Lipinski definition) is 2. The Kier molecular flexibility index (Phi) is 4.50. The molecular weight excluding hydrogens is 186 g/mol. The summed E-state index contributed by atoms with van der Waals surface area (Å²) >= 11 is 0. The van der Waals surface area contributed by atoms with E-state index in [-0.39, 0.29) is 6.04 Å². The van der Waals surface area contributed by atoms with E-state index in [1.165, 1.54) is 5.56 Å². The number of benzene rings is 1. The van der Waals surface area contributed by atoms with Crippen LogP contribution in [0.15, 0.2) is 30.3 Å². The molecular formula is C13H18NO. The van der Waals surface area contributed by atoms with Crippen LogP contribution in [0.4, 0.5) is 0 Å². The Hall–Kier alpha value is -1.15. The number of hydrogen-bond donors (Lipinski definition) is 0. The molecule has 0 aliphatic carbocycles. The second-order valence-corrected chi connectivity index (χ2v) is 4.21. The van der Waals surface area contributed by atoms with Gasteiger partial charge in [0.1, 0.15) is 0 Å². The van der Waals surface area contributed by atoms with E-state index in [4.69, 9.17) is 0 Å². The number of likely N-dealkylation sites (N-methyl/N-ethyl adjacent to an activating group) is 1. The predicted molar refractivity (Wildman–Crippen MR) is 62.2 cm³/mol. The van der Waals surface area contributed by atoms with Crippen LogP contribution in [0.3, 0.4) is 0 Å². The fourth-order valence-corrected chi connectivity index (χ4v) is 1.70. The van der Waals surface area contributed by atoms with Gasteiger partial charge in [-0.2, -0.15) is 0 Å². The first-order valence-corrected chi connectivity index (χ1v) is 5.27. The van der Waals surface area contributed by atoms with Crippen molar-refractivity contribution in [2.24, 2.45) is 5.92 Å². The largest absolute Gasteiger partial charge is 0.292 e. The van der Waals surface area contributed by atoms with Gasteiger partial charge in [-0.15, -0.1) is 0 Å². The third kappa shape index (κ3) is 3.48. The van der Waals surface area contributed by atoms with E-state index in [1.807, 2.05) is 44.0 Å². The topological polar surface area (TPSA) is 20.3 Å². The SMILES string of the molecule is CC(C)[C@@H]([C]=O)N(C)Cc1ccccc1. The van der Waals surface area contributed by atoms with E-state index in [0.717, 1.165) is 6.54 Å². The minimum atomic E-state index is -0.120. The Balaban J connectivity index is 2.62. The molecule has 15 heavy (non-hydrogen) atoms. The Labute approximate surface area is 91.9 Å². The first kappa shape index (κ1) is 11.9. The zero-order chi connectivity index (χ0) is 11.3. The van der Waals surface area contributed by atoms with Crippen LogP contribution in [0.25, 0.3) is 0 Å². The molecule has 0 aliphatic rings. The van der Waals surface area contributed by atoms with Crippen LogP contribution >= 0.6 is 0 Å². The van der Waals surface area contributed by atoms with E-state index in [2.05, 4.69) is 18.4 Å². The monoisotopic (exact) mass is 204 g/mol. The van der Waals surface area contributed by atoms with Crippen LogP contribution < -0.4 is 0 Å². The van der Waals surface area contributed by atoms with Crippen LogP contribution in [-0.2, 0) is 11.3 Å². The lowest BCUT2D eigenvalue weighted by atomic mass is 10.0. The fourth-order valence-electron chi connectivity index (χ4n) is 1.70. The molecule has 0 aromatic heterocycles. The van der Waals surface area contributed by atoms with Crippen molar-refractivity contribution in [3.63, 3.8) is 0 Å². The molecule has 0 fully saturated rings. The molecule has 0 saturated carbocycles. The Morgan fingerprint density at radius 1 is 1.27 bits per heavy atom. The van der Waals surface area contributed by atoms with E-state index >= 15 is 0 Å². The molecule has 0 N–H and O–H groups in total. The zero-order valence-corrected chi connectivity index (χ0v) is 9.60. The maximum atomic E-state index is 10.8. The summed E-state index contributed by atoms with van der Waals surface area (Å²) in [7, 11) is 1.96. The van der Waals surface area contributed by atoms with Gasteiger partial charge in [0.2, 0.25) is 6.29 Å². The van der Waals surface area contributed by atoms with Crippen molar-refractivity contribution in [2.45, 2.75) is 26.4 Å². The van der Waals surface area contributed by atoms with Gasteiger partial charge in [-0.3, -0.25) is 9.69 Å². The van der Waals surface area contributed by atoms with E-state index in [1.54, 1.807) is 0 Å². The van der Waals surface area contributed by atoms with Crippen molar-refractivity contribution < 1.29 is 4.79 Å². The summed E-state index contributed by atoms with van der Waals surface area (Å²) in [6.45, 7) is 4.87. The standard InChI is InChI=1S/C13H18NO/c1-11(2)13(10-15)14(3)9-12-7-5-4-6-8-12/h4-8,11,13H,9H2,1-3H3/t13-/m1/s1. The second kappa shape index (κ2) is 5.66. The first-order valence-electron chi connectivity index (χ1n) is 5.27. The van der Waals surface area contributed by atoms with Crippen molar-refractivity contribution in [2.75, 3.05) is 7.05 Å². The lowest BCUT2D eigenvalue weighted by Crippen LogP contribution is -2.36. The molecule has 2 heteroatoms. The first-order chi connectivity index (χ1) is 7.15. The van der Waals surface area contributed by atoms with Crippen LogP contribution in [0.1, 0.15) is 19.4 Å². The molecule has 1 aromatic carbocycles. The quantitative estimate of drug-likeness (QED) is 0.733. The van der Waals surface area contributed by atoms with E-state index in [9.17, 15) is 4.79 Å². The average molecular weight is 204 g/mol. The van der Waals surface area contributed by atoms with Crippen LogP contribution in [0.5, 0.6) is 0 Å². The van der Waals surface area contributed by atoms with Gasteiger partial charge in [-0.25, -0.2) is 0 Å². The number of carbonyl (C=O) groups excluding carboxylic acids is 1. The summed E-state index contributed by atoms with van der Waals surface area (Å²) < 4.78 is 0. The van der Waals surface area contributed by atoms with Gasteiger partial charge in [0.25, 0.3) is 0 Å². The number of nitrogens with zero attached hydrogens (tertiary/aromatic N) is 1. The summed E-state index contributed by atoms with van der Waals surface area (Å²) in [5, 5.41) is 0. The zero-order valence-electron chi connectivity index (χ0n) is 9.60. The molecule has 0 aliphatic heterocycles. The molecule has 0 heterocycles. The molecule has 1 aromatic rings. The Morgan fingerprint density at radius 2 is 1.87 bits per heavy atom. The number of rotatable bonds is 5. The normalized spacial score (nSPS) is 13.1. The predicted octanol–water partition coefficient (Wildman–Crippen LogP) is 2.25. The third-order valence-electron chi connectivity index (χ3n) is 2.50. The highest BCUT2D eigenvalue weighted by atomic mass is 16.1. The van der Waals surface area contributed by atoms with Crippen molar-refractivity contribution >= 4 is 6.29 Å².